The van der Waals surface area contributed by atoms with E-state index in [9.17, 15) is 19.0 Å². The van der Waals surface area contributed by atoms with E-state index in [1.165, 1.54) is 103 Å². The molecule has 0 aromatic heterocycles. The van der Waals surface area contributed by atoms with Crippen molar-refractivity contribution in [3.63, 3.8) is 0 Å². The van der Waals surface area contributed by atoms with Crippen LogP contribution in [0.25, 0.3) is 0 Å². The average molecular weight is 1120 g/mol. The van der Waals surface area contributed by atoms with Crippen molar-refractivity contribution in [1.29, 1.82) is 0 Å². The van der Waals surface area contributed by atoms with E-state index in [1.54, 1.807) is 0 Å². The summed E-state index contributed by atoms with van der Waals surface area (Å²) >= 11 is 0. The van der Waals surface area contributed by atoms with E-state index in [2.05, 4.69) is 135 Å². The topological polar surface area (TPSA) is 111 Å². The molecule has 0 aromatic carbocycles. The number of phosphoric acid groups is 1. The Morgan fingerprint density at radius 1 is 0.456 bits per heavy atom. The maximum absolute atomic E-state index is 13.6. The molecule has 1 amide bonds. The first-order chi connectivity index (χ1) is 38.4. The Kier molecular flexibility index (Phi) is 55.0. The number of amides is 1. The van der Waals surface area contributed by atoms with Gasteiger partial charge >= 0.3 is 13.8 Å². The third kappa shape index (κ3) is 58.9. The molecule has 0 spiro atoms. The highest BCUT2D eigenvalue weighted by molar-refractivity contribution is 7.47. The number of hydrogen-bond donors (Lipinski definition) is 2. The minimum absolute atomic E-state index is 0.0227. The number of carbonyl (C=O) groups excluding carboxylic acids is 2. The molecule has 0 heterocycles. The molecule has 0 radical (unpaired) electrons. The van der Waals surface area contributed by atoms with Gasteiger partial charge in [-0.15, -0.1) is 0 Å². The molecule has 0 aliphatic rings. The van der Waals surface area contributed by atoms with E-state index >= 15 is 0 Å². The van der Waals surface area contributed by atoms with Gasteiger partial charge in [-0.1, -0.05) is 245 Å². The van der Waals surface area contributed by atoms with Gasteiger partial charge in [0.05, 0.1) is 33.8 Å². The molecule has 79 heavy (non-hydrogen) atoms. The zero-order valence-electron chi connectivity index (χ0n) is 51.6. The summed E-state index contributed by atoms with van der Waals surface area (Å²) in [4.78, 5) is 37.7. The predicted octanol–water partition coefficient (Wildman–Crippen LogP) is 19.9. The lowest BCUT2D eigenvalue weighted by atomic mass is 10.0. The minimum Gasteiger partial charge on any atom is -0.456 e. The lowest BCUT2D eigenvalue weighted by molar-refractivity contribution is -0.870. The normalized spacial score (nSPS) is 14.5. The molecule has 0 aromatic rings. The summed E-state index contributed by atoms with van der Waals surface area (Å²) in [5, 5.41) is 3.04. The van der Waals surface area contributed by atoms with E-state index in [-0.39, 0.29) is 31.5 Å². The van der Waals surface area contributed by atoms with Gasteiger partial charge in [-0.3, -0.25) is 18.6 Å². The third-order valence-corrected chi connectivity index (χ3v) is 14.4. The van der Waals surface area contributed by atoms with Crippen LogP contribution >= 0.6 is 7.82 Å². The van der Waals surface area contributed by atoms with E-state index in [1.807, 2.05) is 33.3 Å². The van der Waals surface area contributed by atoms with Gasteiger partial charge in [0.2, 0.25) is 5.91 Å². The molecule has 0 aliphatic carbocycles. The maximum atomic E-state index is 13.6. The van der Waals surface area contributed by atoms with Crippen molar-refractivity contribution >= 4 is 19.7 Å². The van der Waals surface area contributed by atoms with Crippen LogP contribution in [0.1, 0.15) is 252 Å². The Morgan fingerprint density at radius 2 is 0.823 bits per heavy atom. The fourth-order valence-corrected chi connectivity index (χ4v) is 9.22. The zero-order valence-corrected chi connectivity index (χ0v) is 52.5. The summed E-state index contributed by atoms with van der Waals surface area (Å²) in [5.41, 5.74) is 0. The Morgan fingerprint density at radius 3 is 1.27 bits per heavy atom. The fourth-order valence-electron chi connectivity index (χ4n) is 8.49. The van der Waals surface area contributed by atoms with Crippen molar-refractivity contribution in [3.8, 4) is 0 Å². The van der Waals surface area contributed by atoms with Crippen LogP contribution in [0.2, 0.25) is 0 Å². The van der Waals surface area contributed by atoms with Crippen LogP contribution < -0.4 is 5.32 Å². The molecule has 9 nitrogen and oxygen atoms in total. The van der Waals surface area contributed by atoms with Crippen LogP contribution in [0.4, 0.5) is 0 Å². The average Bonchev–Trinajstić information content (AvgIpc) is 3.41. The number of nitrogens with one attached hydrogen (secondary N) is 1. The number of hydrogen-bond acceptors (Lipinski definition) is 6. The number of esters is 1. The SMILES string of the molecule is CC/C=C\C/C=C\C/C=C\C/C=C\C/C=C\CCCC(=O)OC(/C=C\CCCCCCCCCCCCC)C(COP(=O)(O)OCC[N+](C)(C)C)NC(=O)CCCCCCCCC/C=C\C/C=C\C/C=C\C/C=C\CCCCC. The van der Waals surface area contributed by atoms with Crippen LogP contribution in [0.15, 0.2) is 122 Å². The molecule has 0 saturated carbocycles. The summed E-state index contributed by atoms with van der Waals surface area (Å²) in [5.74, 6) is -0.592. The number of nitrogens with zero attached hydrogens (tertiary/aromatic N) is 1. The van der Waals surface area contributed by atoms with Gasteiger partial charge in [-0.2, -0.15) is 0 Å². The van der Waals surface area contributed by atoms with Crippen molar-refractivity contribution < 1.29 is 37.3 Å². The quantitative estimate of drug-likeness (QED) is 0.0205. The Bertz CT molecular complexity index is 1770. The first kappa shape index (κ1) is 75.4. The van der Waals surface area contributed by atoms with Crippen LogP contribution in [-0.4, -0.2) is 74.3 Å². The highest BCUT2D eigenvalue weighted by atomic mass is 31.2. The molecule has 0 bridgehead atoms. The minimum atomic E-state index is -4.47. The van der Waals surface area contributed by atoms with Gasteiger partial charge in [0, 0.05) is 12.8 Å². The highest BCUT2D eigenvalue weighted by Crippen LogP contribution is 2.43. The van der Waals surface area contributed by atoms with Crippen molar-refractivity contribution in [2.75, 3.05) is 40.9 Å². The molecule has 0 fully saturated rings. The molecule has 452 valence electrons. The number of carbonyl (C=O) groups is 2. The molecule has 0 saturated heterocycles. The first-order valence-electron chi connectivity index (χ1n) is 31.9. The molecule has 0 aliphatic heterocycles. The van der Waals surface area contributed by atoms with Crippen LogP contribution in [-0.2, 0) is 27.9 Å². The van der Waals surface area contributed by atoms with Crippen LogP contribution in [0.3, 0.4) is 0 Å². The number of rotatable bonds is 56. The summed E-state index contributed by atoms with van der Waals surface area (Å²) in [7, 11) is 1.44. The second-order valence-corrected chi connectivity index (χ2v) is 23.6. The van der Waals surface area contributed by atoms with Crippen LogP contribution in [0.5, 0.6) is 0 Å². The van der Waals surface area contributed by atoms with E-state index in [4.69, 9.17) is 13.8 Å². The second-order valence-electron chi connectivity index (χ2n) is 22.2. The van der Waals surface area contributed by atoms with E-state index in [0.29, 0.717) is 23.9 Å². The summed E-state index contributed by atoms with van der Waals surface area (Å²) in [6.07, 6.45) is 80.6. The van der Waals surface area contributed by atoms with Crippen LogP contribution in [0, 0.1) is 0 Å². The number of allylic oxidation sites excluding steroid dienone is 19. The van der Waals surface area contributed by atoms with Gasteiger partial charge in [-0.25, -0.2) is 4.57 Å². The number of ether oxygens (including phenoxy) is 1. The van der Waals surface area contributed by atoms with Crippen molar-refractivity contribution in [2.45, 2.75) is 264 Å². The lowest BCUT2D eigenvalue weighted by Gasteiger charge is -2.27. The summed E-state index contributed by atoms with van der Waals surface area (Å²) in [6, 6.07) is -0.886. The molecular formula is C69H120N2O7P+. The molecule has 2 N–H and O–H groups in total. The number of unbranched alkanes of at least 4 members (excludes halogenated alkanes) is 22. The fraction of sp³-hybridized carbons (Fsp3) is 0.681. The standard InChI is InChI=1S/C69H119N2O7P/c1-7-10-13-16-19-22-25-28-30-32-33-34-35-36-37-39-40-43-46-49-52-55-58-61-68(72)70-66(65-77-79(74,75)76-64-63-71(4,5)6)67(60-57-54-51-48-45-42-27-24-21-18-15-12-9-3)78-69(73)62-59-56-53-50-47-44-41-38-31-29-26-23-20-17-14-11-8-2/h11,14,19-20,22-23,28-31,33-34,36-37,41,44,50,53,57,60,66-67H,7-10,12-13,15-18,21,24-27,32,35,38-40,42-43,45-49,51-52,54-56,58-59,61-65H2,1-6H3,(H-,70,72,74,75)/p+1/b14-11-,22-19-,23-20-,30-28-,31-29-,34-33-,37-36-,44-41-,53-50-,60-57-. The monoisotopic (exact) mass is 1120 g/mol. The largest absolute Gasteiger partial charge is 0.472 e. The third-order valence-electron chi connectivity index (χ3n) is 13.4. The Balaban J connectivity index is 5.35. The van der Waals surface area contributed by atoms with Crippen molar-refractivity contribution in [2.24, 2.45) is 0 Å². The molecule has 10 heteroatoms. The number of likely N-dealkylation sites (N-methyl/N-ethyl adjacent to an activating group) is 1. The Hall–Kier alpha value is -3.59. The van der Waals surface area contributed by atoms with E-state index < -0.39 is 20.0 Å². The number of phosphoric ester groups is 1. The smallest absolute Gasteiger partial charge is 0.456 e. The van der Waals surface area contributed by atoms with Gasteiger partial charge < -0.3 is 19.4 Å². The van der Waals surface area contributed by atoms with E-state index in [0.717, 1.165) is 109 Å². The van der Waals surface area contributed by atoms with Gasteiger partial charge in [-0.05, 0) is 115 Å². The molecular weight excluding hydrogens is 1000 g/mol. The van der Waals surface area contributed by atoms with Gasteiger partial charge in [0.15, 0.2) is 0 Å². The predicted molar refractivity (Wildman–Crippen MR) is 341 cm³/mol. The molecule has 0 rings (SSSR count). The summed E-state index contributed by atoms with van der Waals surface area (Å²) < 4.78 is 30.7. The molecule has 3 unspecified atom stereocenters. The van der Waals surface area contributed by atoms with Crippen molar-refractivity contribution in [3.05, 3.63) is 122 Å². The Labute approximate surface area is 486 Å². The maximum Gasteiger partial charge on any atom is 0.472 e. The number of quaternary nitrogens is 1. The van der Waals surface area contributed by atoms with Gasteiger partial charge in [0.25, 0.3) is 0 Å². The molecule has 3 atom stereocenters. The lowest BCUT2D eigenvalue weighted by Crippen LogP contribution is -2.47. The van der Waals surface area contributed by atoms with Gasteiger partial charge in [0.1, 0.15) is 19.3 Å². The summed E-state index contributed by atoms with van der Waals surface area (Å²) in [6.45, 7) is 6.82. The first-order valence-corrected chi connectivity index (χ1v) is 33.4. The highest BCUT2D eigenvalue weighted by Gasteiger charge is 2.30. The zero-order chi connectivity index (χ0) is 57.9. The second kappa shape index (κ2) is 57.6. The van der Waals surface area contributed by atoms with Crippen molar-refractivity contribution in [1.82, 2.24) is 5.32 Å².